The summed E-state index contributed by atoms with van der Waals surface area (Å²) in [6, 6.07) is 6.87. The second-order valence-corrected chi connectivity index (χ2v) is 6.89. The summed E-state index contributed by atoms with van der Waals surface area (Å²) in [6.07, 6.45) is 2.48. The Morgan fingerprint density at radius 1 is 1.35 bits per heavy atom. The predicted molar refractivity (Wildman–Crippen MR) is 82.9 cm³/mol. The Morgan fingerprint density at radius 2 is 1.95 bits per heavy atom. The Hall–Kier alpha value is -0.880. The Balaban J connectivity index is 2.81. The lowest BCUT2D eigenvalue weighted by molar-refractivity contribution is 0.233. The lowest BCUT2D eigenvalue weighted by Crippen LogP contribution is -2.45. The van der Waals surface area contributed by atoms with Crippen LogP contribution in [-0.4, -0.2) is 25.7 Å². The van der Waals surface area contributed by atoms with Crippen LogP contribution in [0.3, 0.4) is 0 Å². The minimum absolute atomic E-state index is 0.0617. The van der Waals surface area contributed by atoms with Crippen LogP contribution in [0.15, 0.2) is 29.7 Å². The minimum Gasteiger partial charge on any atom is -0.396 e. The number of hydrogen-bond donors (Lipinski definition) is 2. The summed E-state index contributed by atoms with van der Waals surface area (Å²) >= 11 is 5.76. The molecule has 0 aliphatic carbocycles. The summed E-state index contributed by atoms with van der Waals surface area (Å²) in [5.74, 6) is 0. The molecule has 1 aromatic rings. The highest BCUT2D eigenvalue weighted by Gasteiger charge is 2.25. The molecule has 1 rings (SSSR count). The molecule has 112 valence electrons. The van der Waals surface area contributed by atoms with Crippen molar-refractivity contribution in [2.75, 3.05) is 6.61 Å². The Labute approximate surface area is 125 Å². The average molecular weight is 318 g/mol. The molecule has 0 aliphatic heterocycles. The highest BCUT2D eigenvalue weighted by molar-refractivity contribution is 7.92. The molecule has 1 unspecified atom stereocenters. The second-order valence-electron chi connectivity index (χ2n) is 4.89. The van der Waals surface area contributed by atoms with E-state index in [1.54, 1.807) is 31.2 Å². The number of aliphatic hydroxyl groups is 1. The van der Waals surface area contributed by atoms with Crippen LogP contribution >= 0.6 is 11.6 Å². The van der Waals surface area contributed by atoms with Gasteiger partial charge < -0.3 is 5.11 Å². The van der Waals surface area contributed by atoms with Crippen molar-refractivity contribution in [3.05, 3.63) is 40.3 Å². The zero-order valence-corrected chi connectivity index (χ0v) is 13.2. The minimum atomic E-state index is -3.56. The van der Waals surface area contributed by atoms with Crippen molar-refractivity contribution in [2.24, 2.45) is 0 Å². The van der Waals surface area contributed by atoms with E-state index < -0.39 is 15.6 Å². The summed E-state index contributed by atoms with van der Waals surface area (Å²) in [5.41, 5.74) is 0.109. The van der Waals surface area contributed by atoms with Gasteiger partial charge in [-0.05, 0) is 43.5 Å². The molecule has 0 aromatic heterocycles. The number of rotatable bonds is 7. The predicted octanol–water partition coefficient (Wildman–Crippen LogP) is 2.78. The molecule has 0 saturated heterocycles. The van der Waals surface area contributed by atoms with Gasteiger partial charge >= 0.3 is 0 Å². The van der Waals surface area contributed by atoms with E-state index in [-0.39, 0.29) is 6.61 Å². The maximum Gasteiger partial charge on any atom is 0.234 e. The topological polar surface area (TPSA) is 66.4 Å². The third-order valence-electron chi connectivity index (χ3n) is 3.14. The third kappa shape index (κ3) is 5.63. The van der Waals surface area contributed by atoms with Crippen molar-refractivity contribution in [1.82, 2.24) is 4.72 Å². The van der Waals surface area contributed by atoms with Gasteiger partial charge in [0.1, 0.15) is 0 Å². The Bertz CT molecular complexity index is 554. The highest BCUT2D eigenvalue weighted by atomic mass is 35.5. The van der Waals surface area contributed by atoms with Crippen LogP contribution in [0.25, 0.3) is 6.08 Å². The quantitative estimate of drug-likeness (QED) is 0.812. The standard InChI is InChI=1S/C14H20ClNO3S/c1-3-14(2,9-10-17)16-20(18,19)11-8-12-4-6-13(15)7-5-12/h4-8,11,16-17H,3,9-10H2,1-2H3/b11-8+. The fourth-order valence-electron chi connectivity index (χ4n) is 1.67. The summed E-state index contributed by atoms with van der Waals surface area (Å²) in [4.78, 5) is 0. The van der Waals surface area contributed by atoms with Gasteiger partial charge in [-0.2, -0.15) is 0 Å². The number of aliphatic hydroxyl groups excluding tert-OH is 1. The molecule has 0 saturated carbocycles. The first-order valence-corrected chi connectivity index (χ1v) is 8.31. The first-order valence-electron chi connectivity index (χ1n) is 6.39. The monoisotopic (exact) mass is 317 g/mol. The fraction of sp³-hybridized carbons (Fsp3) is 0.429. The number of sulfonamides is 1. The lowest BCUT2D eigenvalue weighted by Gasteiger charge is -2.27. The van der Waals surface area contributed by atoms with Crippen LogP contribution in [0.5, 0.6) is 0 Å². The summed E-state index contributed by atoms with van der Waals surface area (Å²) < 4.78 is 26.6. The van der Waals surface area contributed by atoms with E-state index in [1.807, 2.05) is 6.92 Å². The van der Waals surface area contributed by atoms with E-state index in [2.05, 4.69) is 4.72 Å². The van der Waals surface area contributed by atoms with Gasteiger partial charge in [0.05, 0.1) is 0 Å². The largest absolute Gasteiger partial charge is 0.396 e. The average Bonchev–Trinajstić information content (AvgIpc) is 2.38. The van der Waals surface area contributed by atoms with Crippen molar-refractivity contribution in [2.45, 2.75) is 32.2 Å². The van der Waals surface area contributed by atoms with Gasteiger partial charge in [-0.3, -0.25) is 0 Å². The van der Waals surface area contributed by atoms with E-state index in [1.165, 1.54) is 6.08 Å². The maximum absolute atomic E-state index is 12.0. The van der Waals surface area contributed by atoms with Gasteiger partial charge in [0.25, 0.3) is 0 Å². The molecular formula is C14H20ClNO3S. The van der Waals surface area contributed by atoms with Gasteiger partial charge in [-0.15, -0.1) is 0 Å². The normalized spacial score (nSPS) is 15.4. The molecule has 2 N–H and O–H groups in total. The molecule has 0 fully saturated rings. The Morgan fingerprint density at radius 3 is 2.45 bits per heavy atom. The SMILES string of the molecule is CCC(C)(CCO)NS(=O)(=O)/C=C/c1ccc(Cl)cc1. The smallest absolute Gasteiger partial charge is 0.234 e. The van der Waals surface area contributed by atoms with Crippen LogP contribution < -0.4 is 4.72 Å². The van der Waals surface area contributed by atoms with E-state index in [9.17, 15) is 8.42 Å². The molecule has 0 amide bonds. The van der Waals surface area contributed by atoms with E-state index in [4.69, 9.17) is 16.7 Å². The number of benzene rings is 1. The van der Waals surface area contributed by atoms with E-state index in [0.717, 1.165) is 11.0 Å². The summed E-state index contributed by atoms with van der Waals surface area (Å²) in [6.45, 7) is 3.59. The zero-order valence-electron chi connectivity index (χ0n) is 11.6. The van der Waals surface area contributed by atoms with E-state index >= 15 is 0 Å². The van der Waals surface area contributed by atoms with Crippen molar-refractivity contribution in [3.8, 4) is 0 Å². The van der Waals surface area contributed by atoms with Crippen LogP contribution in [0.4, 0.5) is 0 Å². The van der Waals surface area contributed by atoms with Gasteiger partial charge in [0.2, 0.25) is 10.0 Å². The molecule has 1 atom stereocenters. The second kappa shape index (κ2) is 7.22. The first-order chi connectivity index (χ1) is 9.30. The molecule has 20 heavy (non-hydrogen) atoms. The van der Waals surface area contributed by atoms with Gasteiger partial charge in [-0.25, -0.2) is 13.1 Å². The lowest BCUT2D eigenvalue weighted by atomic mass is 9.97. The molecule has 4 nitrogen and oxygen atoms in total. The third-order valence-corrected chi connectivity index (χ3v) is 4.67. The summed E-state index contributed by atoms with van der Waals surface area (Å²) in [7, 11) is -3.56. The van der Waals surface area contributed by atoms with Gasteiger partial charge in [0, 0.05) is 22.6 Å². The number of hydrogen-bond acceptors (Lipinski definition) is 3. The van der Waals surface area contributed by atoms with Crippen LogP contribution in [-0.2, 0) is 10.0 Å². The molecule has 0 heterocycles. The number of nitrogens with one attached hydrogen (secondary N) is 1. The fourth-order valence-corrected chi connectivity index (χ4v) is 3.13. The molecule has 0 aliphatic rings. The van der Waals surface area contributed by atoms with Crippen LogP contribution in [0.1, 0.15) is 32.3 Å². The van der Waals surface area contributed by atoms with Gasteiger partial charge in [-0.1, -0.05) is 30.7 Å². The molecule has 0 spiro atoms. The van der Waals surface area contributed by atoms with E-state index in [0.29, 0.717) is 17.9 Å². The van der Waals surface area contributed by atoms with Crippen molar-refractivity contribution in [1.29, 1.82) is 0 Å². The van der Waals surface area contributed by atoms with Crippen molar-refractivity contribution < 1.29 is 13.5 Å². The molecule has 0 radical (unpaired) electrons. The highest BCUT2D eigenvalue weighted by Crippen LogP contribution is 2.16. The van der Waals surface area contributed by atoms with Crippen LogP contribution in [0.2, 0.25) is 5.02 Å². The molecule has 0 bridgehead atoms. The molecular weight excluding hydrogens is 298 g/mol. The first kappa shape index (κ1) is 17.2. The van der Waals surface area contributed by atoms with Crippen molar-refractivity contribution >= 4 is 27.7 Å². The molecule has 6 heteroatoms. The maximum atomic E-state index is 12.0. The molecule has 1 aromatic carbocycles. The zero-order chi connectivity index (χ0) is 15.2. The van der Waals surface area contributed by atoms with Gasteiger partial charge in [0.15, 0.2) is 0 Å². The van der Waals surface area contributed by atoms with Crippen LogP contribution in [0, 0.1) is 0 Å². The van der Waals surface area contributed by atoms with Crippen molar-refractivity contribution in [3.63, 3.8) is 0 Å². The Kier molecular flexibility index (Phi) is 6.20. The number of halogens is 1. The summed E-state index contributed by atoms with van der Waals surface area (Å²) in [5, 5.41) is 10.7.